The topological polar surface area (TPSA) is 41.4 Å². The Bertz CT molecular complexity index is 901. The highest BCUT2D eigenvalue weighted by molar-refractivity contribution is 7.98. The Morgan fingerprint density at radius 3 is 2.42 bits per heavy atom. The van der Waals surface area contributed by atoms with E-state index in [-0.39, 0.29) is 5.91 Å². The van der Waals surface area contributed by atoms with E-state index in [1.807, 2.05) is 46.1 Å². The molecular weight excluding hydrogens is 344 g/mol. The van der Waals surface area contributed by atoms with E-state index in [0.29, 0.717) is 6.54 Å². The lowest BCUT2D eigenvalue weighted by Crippen LogP contribution is -2.49. The number of imidazole rings is 1. The van der Waals surface area contributed by atoms with E-state index in [1.54, 1.807) is 11.8 Å². The van der Waals surface area contributed by atoms with Gasteiger partial charge in [-0.25, -0.2) is 4.98 Å². The third-order valence-electron chi connectivity index (χ3n) is 4.85. The summed E-state index contributed by atoms with van der Waals surface area (Å²) >= 11 is 1.58. The predicted molar refractivity (Wildman–Crippen MR) is 107 cm³/mol. The highest BCUT2D eigenvalue weighted by atomic mass is 32.2. The number of nitrogens with zero attached hydrogens (tertiary/aromatic N) is 4. The Kier molecular flexibility index (Phi) is 4.84. The van der Waals surface area contributed by atoms with Crippen molar-refractivity contribution in [2.45, 2.75) is 11.7 Å². The molecule has 1 fully saturated rings. The van der Waals surface area contributed by atoms with Crippen molar-refractivity contribution < 1.29 is 4.79 Å². The first kappa shape index (κ1) is 17.0. The minimum absolute atomic E-state index is 0.163. The number of fused-ring (bicyclic) bond motifs is 1. The van der Waals surface area contributed by atoms with E-state index in [2.05, 4.69) is 34.1 Å². The lowest BCUT2D eigenvalue weighted by molar-refractivity contribution is -0.132. The number of rotatable bonds is 4. The third-order valence-corrected chi connectivity index (χ3v) is 5.53. The number of carbonyl (C=O) groups excluding carboxylic acids is 1. The fourth-order valence-electron chi connectivity index (χ4n) is 3.45. The van der Waals surface area contributed by atoms with Crippen molar-refractivity contribution in [1.29, 1.82) is 0 Å². The second-order valence-electron chi connectivity index (χ2n) is 6.38. The van der Waals surface area contributed by atoms with Gasteiger partial charge in [-0.05, 0) is 30.5 Å². The van der Waals surface area contributed by atoms with Gasteiger partial charge in [0.25, 0.3) is 0 Å². The molecule has 134 valence electrons. The third kappa shape index (κ3) is 3.29. The second-order valence-corrected chi connectivity index (χ2v) is 7.15. The van der Waals surface area contributed by atoms with Gasteiger partial charge in [0.1, 0.15) is 6.54 Å². The number of hydrogen-bond acceptors (Lipinski definition) is 4. The van der Waals surface area contributed by atoms with Crippen molar-refractivity contribution >= 4 is 34.4 Å². The van der Waals surface area contributed by atoms with E-state index < -0.39 is 0 Å². The smallest absolute Gasteiger partial charge is 0.242 e. The molecule has 4 rings (SSSR count). The molecule has 1 aliphatic rings. The molecule has 0 unspecified atom stereocenters. The average Bonchev–Trinajstić information content (AvgIpc) is 3.06. The summed E-state index contributed by atoms with van der Waals surface area (Å²) in [6, 6.07) is 18.4. The number of piperazine rings is 1. The molecule has 0 atom stereocenters. The van der Waals surface area contributed by atoms with E-state index in [1.165, 1.54) is 5.69 Å². The van der Waals surface area contributed by atoms with E-state index in [9.17, 15) is 4.79 Å². The molecule has 0 N–H and O–H groups in total. The van der Waals surface area contributed by atoms with Crippen LogP contribution in [0, 0.1) is 0 Å². The second kappa shape index (κ2) is 7.41. The number of benzene rings is 2. The van der Waals surface area contributed by atoms with Gasteiger partial charge in [0.2, 0.25) is 5.91 Å². The van der Waals surface area contributed by atoms with Crippen LogP contribution in [0.3, 0.4) is 0 Å². The monoisotopic (exact) mass is 366 g/mol. The van der Waals surface area contributed by atoms with Gasteiger partial charge in [0, 0.05) is 31.9 Å². The standard InChI is InChI=1S/C20H22N4OS/c1-26-20-21-17-9-5-6-10-18(17)24(20)15-19(25)23-13-11-22(12-14-23)16-7-3-2-4-8-16/h2-10H,11-15H2,1H3. The Morgan fingerprint density at radius 1 is 1.00 bits per heavy atom. The molecule has 0 saturated carbocycles. The summed E-state index contributed by atoms with van der Waals surface area (Å²) in [6.45, 7) is 3.61. The Balaban J connectivity index is 1.45. The zero-order chi connectivity index (χ0) is 17.9. The van der Waals surface area contributed by atoms with Crippen LogP contribution in [-0.4, -0.2) is 52.8 Å². The molecule has 3 aromatic rings. The minimum atomic E-state index is 0.163. The fourth-order valence-corrected chi connectivity index (χ4v) is 4.02. The lowest BCUT2D eigenvalue weighted by atomic mass is 10.2. The highest BCUT2D eigenvalue weighted by Crippen LogP contribution is 2.23. The largest absolute Gasteiger partial charge is 0.368 e. The summed E-state index contributed by atoms with van der Waals surface area (Å²) in [5, 5.41) is 0.891. The predicted octanol–water partition coefficient (Wildman–Crippen LogP) is 3.11. The molecule has 2 heterocycles. The summed E-state index contributed by atoms with van der Waals surface area (Å²) < 4.78 is 2.03. The number of carbonyl (C=O) groups is 1. The van der Waals surface area contributed by atoms with Crippen molar-refractivity contribution in [1.82, 2.24) is 14.5 Å². The number of anilines is 1. The van der Waals surface area contributed by atoms with Gasteiger partial charge in [-0.15, -0.1) is 0 Å². The summed E-state index contributed by atoms with van der Waals surface area (Å²) in [5.41, 5.74) is 3.19. The molecule has 0 radical (unpaired) electrons. The average molecular weight is 366 g/mol. The van der Waals surface area contributed by atoms with Crippen LogP contribution >= 0.6 is 11.8 Å². The molecule has 0 spiro atoms. The molecule has 0 aliphatic carbocycles. The number of amides is 1. The Hall–Kier alpha value is -2.47. The molecule has 5 nitrogen and oxygen atoms in total. The molecule has 0 bridgehead atoms. The van der Waals surface area contributed by atoms with Crippen molar-refractivity contribution in [3.8, 4) is 0 Å². The number of hydrogen-bond donors (Lipinski definition) is 0. The van der Waals surface area contributed by atoms with Crippen LogP contribution in [0.4, 0.5) is 5.69 Å². The fraction of sp³-hybridized carbons (Fsp3) is 0.300. The molecule has 1 saturated heterocycles. The lowest BCUT2D eigenvalue weighted by Gasteiger charge is -2.36. The molecule has 1 aliphatic heterocycles. The molecular formula is C20H22N4OS. The van der Waals surface area contributed by atoms with Gasteiger partial charge >= 0.3 is 0 Å². The van der Waals surface area contributed by atoms with Crippen LogP contribution in [0.25, 0.3) is 11.0 Å². The quantitative estimate of drug-likeness (QED) is 0.666. The molecule has 6 heteroatoms. The summed E-state index contributed by atoms with van der Waals surface area (Å²) in [5.74, 6) is 0.163. The first-order chi connectivity index (χ1) is 12.8. The summed E-state index contributed by atoms with van der Waals surface area (Å²) in [6.07, 6.45) is 2.00. The van der Waals surface area contributed by atoms with Crippen LogP contribution in [-0.2, 0) is 11.3 Å². The number of para-hydroxylation sites is 3. The van der Waals surface area contributed by atoms with Gasteiger partial charge in [0.15, 0.2) is 5.16 Å². The normalized spacial score (nSPS) is 14.8. The summed E-state index contributed by atoms with van der Waals surface area (Å²) in [4.78, 5) is 21.8. The zero-order valence-electron chi connectivity index (χ0n) is 14.8. The van der Waals surface area contributed by atoms with Crippen molar-refractivity contribution in [2.75, 3.05) is 37.3 Å². The molecule has 1 amide bonds. The minimum Gasteiger partial charge on any atom is -0.368 e. The number of aromatic nitrogens is 2. The number of thioether (sulfide) groups is 1. The van der Waals surface area contributed by atoms with Crippen molar-refractivity contribution in [3.05, 3.63) is 54.6 Å². The maximum atomic E-state index is 12.9. The van der Waals surface area contributed by atoms with Crippen LogP contribution in [0.2, 0.25) is 0 Å². The Labute approximate surface area is 157 Å². The van der Waals surface area contributed by atoms with Crippen LogP contribution in [0.5, 0.6) is 0 Å². The van der Waals surface area contributed by atoms with Crippen LogP contribution in [0.15, 0.2) is 59.8 Å². The first-order valence-electron chi connectivity index (χ1n) is 8.83. The molecule has 2 aromatic carbocycles. The summed E-state index contributed by atoms with van der Waals surface area (Å²) in [7, 11) is 0. The van der Waals surface area contributed by atoms with Gasteiger partial charge in [-0.2, -0.15) is 0 Å². The van der Waals surface area contributed by atoms with E-state index >= 15 is 0 Å². The SMILES string of the molecule is CSc1nc2ccccc2n1CC(=O)N1CCN(c2ccccc2)CC1. The maximum Gasteiger partial charge on any atom is 0.242 e. The van der Waals surface area contributed by atoms with E-state index in [0.717, 1.165) is 42.4 Å². The molecule has 26 heavy (non-hydrogen) atoms. The van der Waals surface area contributed by atoms with Gasteiger partial charge < -0.3 is 14.4 Å². The van der Waals surface area contributed by atoms with E-state index in [4.69, 9.17) is 0 Å². The highest BCUT2D eigenvalue weighted by Gasteiger charge is 2.22. The Morgan fingerprint density at radius 2 is 1.69 bits per heavy atom. The maximum absolute atomic E-state index is 12.9. The van der Waals surface area contributed by atoms with Gasteiger partial charge in [0.05, 0.1) is 11.0 Å². The van der Waals surface area contributed by atoms with Crippen LogP contribution < -0.4 is 4.90 Å². The first-order valence-corrected chi connectivity index (χ1v) is 10.1. The van der Waals surface area contributed by atoms with Crippen molar-refractivity contribution in [3.63, 3.8) is 0 Å². The zero-order valence-corrected chi connectivity index (χ0v) is 15.7. The van der Waals surface area contributed by atoms with Crippen LogP contribution in [0.1, 0.15) is 0 Å². The molecule has 1 aromatic heterocycles. The van der Waals surface area contributed by atoms with Gasteiger partial charge in [-0.3, -0.25) is 4.79 Å². The van der Waals surface area contributed by atoms with Gasteiger partial charge in [-0.1, -0.05) is 42.1 Å². The van der Waals surface area contributed by atoms with Crippen molar-refractivity contribution in [2.24, 2.45) is 0 Å².